The first-order valence-corrected chi connectivity index (χ1v) is 11.9. The van der Waals surface area contributed by atoms with Gasteiger partial charge >= 0.3 is 0 Å². The molecule has 33 heavy (non-hydrogen) atoms. The Morgan fingerprint density at radius 3 is 2.52 bits per heavy atom. The van der Waals surface area contributed by atoms with E-state index in [2.05, 4.69) is 39.8 Å². The molecule has 0 radical (unpaired) electrons. The molecule has 0 saturated heterocycles. The van der Waals surface area contributed by atoms with Crippen molar-refractivity contribution in [3.63, 3.8) is 0 Å². The first-order chi connectivity index (χ1) is 15.8. The molecule has 0 unspecified atom stereocenters. The van der Waals surface area contributed by atoms with Gasteiger partial charge in [0.2, 0.25) is 5.95 Å². The second kappa shape index (κ2) is 10.3. The van der Waals surface area contributed by atoms with Crippen molar-refractivity contribution in [1.82, 2.24) is 15.3 Å². The van der Waals surface area contributed by atoms with Gasteiger partial charge in [0.1, 0.15) is 11.6 Å². The van der Waals surface area contributed by atoms with Gasteiger partial charge in [-0.1, -0.05) is 6.92 Å². The fourth-order valence-electron chi connectivity index (χ4n) is 4.47. The molecule has 3 N–H and O–H groups in total. The lowest BCUT2D eigenvalue weighted by Gasteiger charge is -2.31. The zero-order valence-corrected chi connectivity index (χ0v) is 19.8. The number of hydrogen-bond donors (Lipinski definition) is 3. The van der Waals surface area contributed by atoms with Gasteiger partial charge in [-0.15, -0.1) is 0 Å². The highest BCUT2D eigenvalue weighted by Crippen LogP contribution is 2.45. The monoisotopic (exact) mass is 459 g/mol. The lowest BCUT2D eigenvalue weighted by Crippen LogP contribution is -2.42. The number of rotatable bonds is 10. The summed E-state index contributed by atoms with van der Waals surface area (Å²) in [5, 5.41) is 10.2. The number of methoxy groups -OCH3 is 1. The highest BCUT2D eigenvalue weighted by Gasteiger charge is 2.37. The van der Waals surface area contributed by atoms with Crippen LogP contribution in [0.15, 0.2) is 24.5 Å². The zero-order chi connectivity index (χ0) is 23.4. The average Bonchev–Trinajstić information content (AvgIpc) is 3.53. The van der Waals surface area contributed by atoms with Gasteiger partial charge in [0.05, 0.1) is 18.5 Å². The molecule has 2 fully saturated rings. The van der Waals surface area contributed by atoms with E-state index in [1.165, 1.54) is 12.4 Å². The van der Waals surface area contributed by atoms with Crippen LogP contribution in [0.2, 0.25) is 0 Å². The van der Waals surface area contributed by atoms with Crippen molar-refractivity contribution < 1.29 is 13.5 Å². The van der Waals surface area contributed by atoms with E-state index in [1.54, 1.807) is 19.2 Å². The smallest absolute Gasteiger partial charge is 0.236 e. The topological polar surface area (TPSA) is 71.1 Å². The van der Waals surface area contributed by atoms with E-state index in [-0.39, 0.29) is 11.5 Å². The minimum absolute atomic E-state index is 0.220. The molecule has 0 aromatic carbocycles. The lowest BCUT2D eigenvalue weighted by molar-refractivity contribution is 0.161. The fraction of sp³-hybridized carbons (Fsp3) is 0.600. The summed E-state index contributed by atoms with van der Waals surface area (Å²) in [6.07, 6.45) is 9.01. The van der Waals surface area contributed by atoms with Crippen LogP contribution in [0.1, 0.15) is 52.4 Å². The molecule has 2 aromatic rings. The number of pyridine rings is 2. The van der Waals surface area contributed by atoms with Crippen molar-refractivity contribution in [2.75, 3.05) is 30.9 Å². The zero-order valence-electron chi connectivity index (χ0n) is 19.8. The van der Waals surface area contributed by atoms with Crippen molar-refractivity contribution in [2.45, 2.75) is 70.5 Å². The van der Waals surface area contributed by atoms with Gasteiger partial charge in [-0.3, -0.25) is 0 Å². The summed E-state index contributed by atoms with van der Waals surface area (Å²) in [6, 6.07) is 4.44. The largest absolute Gasteiger partial charge is 0.383 e. The summed E-state index contributed by atoms with van der Waals surface area (Å²) in [5.74, 6) is -0.394. The molecule has 8 heteroatoms. The van der Waals surface area contributed by atoms with Crippen LogP contribution in [0.3, 0.4) is 0 Å². The van der Waals surface area contributed by atoms with Crippen molar-refractivity contribution in [2.24, 2.45) is 5.41 Å². The van der Waals surface area contributed by atoms with E-state index in [1.807, 2.05) is 0 Å². The van der Waals surface area contributed by atoms with E-state index in [4.69, 9.17) is 4.74 Å². The molecule has 0 bridgehead atoms. The average molecular weight is 460 g/mol. The van der Waals surface area contributed by atoms with Crippen LogP contribution in [0.4, 0.5) is 20.3 Å². The number of nitrogens with zero attached hydrogens (tertiary/aromatic N) is 2. The second-order valence-electron chi connectivity index (χ2n) is 9.99. The summed E-state index contributed by atoms with van der Waals surface area (Å²) in [6.45, 7) is 5.69. The molecule has 0 spiro atoms. The third-order valence-corrected chi connectivity index (χ3v) is 6.83. The molecule has 2 aliphatic rings. The highest BCUT2D eigenvalue weighted by molar-refractivity contribution is 5.69. The summed E-state index contributed by atoms with van der Waals surface area (Å²) >= 11 is 0. The van der Waals surface area contributed by atoms with Crippen LogP contribution < -0.4 is 16.0 Å². The van der Waals surface area contributed by atoms with Gasteiger partial charge in [0.15, 0.2) is 0 Å². The van der Waals surface area contributed by atoms with Crippen molar-refractivity contribution in [1.29, 1.82) is 0 Å². The van der Waals surface area contributed by atoms with Crippen LogP contribution in [0.5, 0.6) is 0 Å². The van der Waals surface area contributed by atoms with Crippen molar-refractivity contribution >= 4 is 11.5 Å². The maximum atomic E-state index is 14.6. The minimum atomic E-state index is -0.569. The van der Waals surface area contributed by atoms with Gasteiger partial charge in [0, 0.05) is 49.1 Å². The van der Waals surface area contributed by atoms with Gasteiger partial charge in [-0.25, -0.2) is 14.4 Å². The summed E-state index contributed by atoms with van der Waals surface area (Å²) in [5.41, 5.74) is 1.42. The number of ether oxygens (including phenoxy) is 1. The Balaban J connectivity index is 1.39. The molecule has 2 heterocycles. The van der Waals surface area contributed by atoms with E-state index >= 15 is 0 Å². The third kappa shape index (κ3) is 6.38. The third-order valence-electron chi connectivity index (χ3n) is 6.83. The maximum Gasteiger partial charge on any atom is 0.236 e. The Kier molecular flexibility index (Phi) is 7.44. The Morgan fingerprint density at radius 2 is 1.82 bits per heavy atom. The van der Waals surface area contributed by atoms with E-state index in [0.717, 1.165) is 38.5 Å². The molecule has 0 amide bonds. The van der Waals surface area contributed by atoms with Crippen LogP contribution in [0, 0.1) is 17.2 Å². The van der Waals surface area contributed by atoms with Crippen LogP contribution in [0.25, 0.3) is 11.1 Å². The van der Waals surface area contributed by atoms with Crippen molar-refractivity contribution in [3.05, 3.63) is 36.3 Å². The maximum absolute atomic E-state index is 14.6. The molecule has 2 saturated carbocycles. The first kappa shape index (κ1) is 23.8. The Hall–Kier alpha value is -2.32. The fourth-order valence-corrected chi connectivity index (χ4v) is 4.47. The summed E-state index contributed by atoms with van der Waals surface area (Å²) in [7, 11) is 1.72. The van der Waals surface area contributed by atoms with Gasteiger partial charge in [-0.2, -0.15) is 4.39 Å². The summed E-state index contributed by atoms with van der Waals surface area (Å²) in [4.78, 5) is 8.09. The molecule has 180 valence electrons. The van der Waals surface area contributed by atoms with Gasteiger partial charge in [-0.05, 0) is 63.0 Å². The molecule has 2 aromatic heterocycles. The Labute approximate surface area is 194 Å². The quantitative estimate of drug-likeness (QED) is 0.435. The second-order valence-corrected chi connectivity index (χ2v) is 9.99. The summed E-state index contributed by atoms with van der Waals surface area (Å²) < 4.78 is 34.1. The van der Waals surface area contributed by atoms with Gasteiger partial charge < -0.3 is 20.7 Å². The lowest BCUT2D eigenvalue weighted by atomic mass is 9.90. The molecule has 1 atom stereocenters. The van der Waals surface area contributed by atoms with E-state index in [9.17, 15) is 8.78 Å². The molecule has 4 rings (SSSR count). The standard InChI is InChI=1S/C25H35F2N5O/c1-16(14-33-3)31-18-4-6-19(7-5-18)32-23-11-20(21(26)13-28-23)17-10-22(24(27)29-12-17)30-15-25(2)8-9-25/h10-13,16,18-19,30-31H,4-9,14-15H2,1-3H3,(H,28,32)/t16-,18?,19?/m0/s1. The molecular weight excluding hydrogens is 424 g/mol. The van der Waals surface area contributed by atoms with E-state index in [0.29, 0.717) is 47.9 Å². The first-order valence-electron chi connectivity index (χ1n) is 11.9. The highest BCUT2D eigenvalue weighted by atomic mass is 19.1. The van der Waals surface area contributed by atoms with Gasteiger partial charge in [0.25, 0.3) is 0 Å². The normalized spacial score (nSPS) is 22.6. The van der Waals surface area contributed by atoms with Crippen LogP contribution in [-0.2, 0) is 4.74 Å². The van der Waals surface area contributed by atoms with Crippen LogP contribution in [-0.4, -0.2) is 48.4 Å². The molecule has 2 aliphatic carbocycles. The predicted octanol–water partition coefficient (Wildman–Crippen LogP) is 4.98. The predicted molar refractivity (Wildman–Crippen MR) is 127 cm³/mol. The SMILES string of the molecule is COC[C@H](C)NC1CCC(Nc2cc(-c3cnc(F)c(NCC4(C)CC4)c3)c(F)cn2)CC1. The van der Waals surface area contributed by atoms with E-state index < -0.39 is 11.8 Å². The Bertz CT molecular complexity index is 944. The van der Waals surface area contributed by atoms with Crippen molar-refractivity contribution in [3.8, 4) is 11.1 Å². The number of halogens is 2. The minimum Gasteiger partial charge on any atom is -0.383 e. The number of hydrogen-bond acceptors (Lipinski definition) is 6. The molecular formula is C25H35F2N5O. The molecule has 0 aliphatic heterocycles. The number of nitrogens with one attached hydrogen (secondary N) is 3. The van der Waals surface area contributed by atoms with Crippen LogP contribution >= 0.6 is 0 Å². The Morgan fingerprint density at radius 1 is 1.09 bits per heavy atom. The number of aromatic nitrogens is 2. The number of anilines is 2. The molecule has 6 nitrogen and oxygen atoms in total.